The number of rotatable bonds is 6. The summed E-state index contributed by atoms with van der Waals surface area (Å²) in [5.41, 5.74) is 2.87. The molecule has 24 heavy (non-hydrogen) atoms. The molecule has 0 spiro atoms. The van der Waals surface area contributed by atoms with Crippen LogP contribution in [0.4, 0.5) is 0 Å². The van der Waals surface area contributed by atoms with Crippen molar-refractivity contribution >= 4 is 38.3 Å². The van der Waals surface area contributed by atoms with Crippen LogP contribution in [0.15, 0.2) is 22.0 Å². The van der Waals surface area contributed by atoms with E-state index in [0.29, 0.717) is 12.5 Å². The Kier molecular flexibility index (Phi) is 4.30. The van der Waals surface area contributed by atoms with Crippen molar-refractivity contribution in [3.05, 3.63) is 32.7 Å². The molecule has 1 aliphatic carbocycles. The fourth-order valence-corrected chi connectivity index (χ4v) is 3.93. The predicted octanol–water partition coefficient (Wildman–Crippen LogP) is 4.76. The number of thiazole rings is 1. The van der Waals surface area contributed by atoms with Crippen LogP contribution in [-0.2, 0) is 13.2 Å². The molecule has 1 saturated carbocycles. The monoisotopic (exact) mass is 406 g/mol. The topological polar surface area (TPSA) is 52.8 Å². The highest BCUT2D eigenvalue weighted by Gasteiger charge is 2.23. The van der Waals surface area contributed by atoms with Gasteiger partial charge in [0.1, 0.15) is 17.9 Å². The van der Waals surface area contributed by atoms with E-state index in [9.17, 15) is 0 Å². The van der Waals surface area contributed by atoms with Crippen molar-refractivity contribution in [2.75, 3.05) is 0 Å². The summed E-state index contributed by atoms with van der Waals surface area (Å²) in [7, 11) is 0. The van der Waals surface area contributed by atoms with Gasteiger partial charge in [0, 0.05) is 17.8 Å². The molecule has 0 radical (unpaired) electrons. The van der Waals surface area contributed by atoms with Crippen LogP contribution >= 0.6 is 27.3 Å². The second-order valence-corrected chi connectivity index (χ2v) is 8.26. The van der Waals surface area contributed by atoms with E-state index in [2.05, 4.69) is 50.5 Å². The van der Waals surface area contributed by atoms with E-state index in [1.807, 2.05) is 16.8 Å². The molecule has 3 aromatic rings. The van der Waals surface area contributed by atoms with Crippen LogP contribution < -0.4 is 4.74 Å². The number of aromatic nitrogens is 4. The third-order valence-electron chi connectivity index (χ3n) is 4.16. The molecule has 1 aromatic carbocycles. The Hall–Kier alpha value is -1.47. The lowest BCUT2D eigenvalue weighted by atomic mass is 10.2. The van der Waals surface area contributed by atoms with Gasteiger partial charge >= 0.3 is 0 Å². The van der Waals surface area contributed by atoms with Crippen LogP contribution in [0, 0.1) is 5.92 Å². The normalized spacial score (nSPS) is 14.7. The van der Waals surface area contributed by atoms with Crippen LogP contribution in [0.2, 0.25) is 0 Å². The van der Waals surface area contributed by atoms with Crippen molar-refractivity contribution in [2.24, 2.45) is 5.92 Å². The third-order valence-corrected chi connectivity index (χ3v) is 6.12. The summed E-state index contributed by atoms with van der Waals surface area (Å²) >= 11 is 5.31. The van der Waals surface area contributed by atoms with Gasteiger partial charge in [0.15, 0.2) is 0 Å². The molecule has 0 atom stereocenters. The number of ether oxygens (including phenoxy) is 1. The largest absolute Gasteiger partial charge is 0.486 e. The second kappa shape index (κ2) is 6.44. The van der Waals surface area contributed by atoms with Gasteiger partial charge in [-0.1, -0.05) is 19.1 Å². The van der Waals surface area contributed by atoms with Gasteiger partial charge in [-0.25, -0.2) is 9.67 Å². The molecule has 4 rings (SSSR count). The van der Waals surface area contributed by atoms with Gasteiger partial charge < -0.3 is 4.74 Å². The minimum Gasteiger partial charge on any atom is -0.486 e. The van der Waals surface area contributed by atoms with Gasteiger partial charge in [-0.2, -0.15) is 0 Å². The molecule has 5 nitrogen and oxygen atoms in total. The summed E-state index contributed by atoms with van der Waals surface area (Å²) in [6.45, 7) is 5.72. The number of fused-ring (bicyclic) bond motifs is 1. The van der Waals surface area contributed by atoms with Crippen molar-refractivity contribution in [3.8, 4) is 5.75 Å². The first-order chi connectivity index (χ1) is 11.6. The molecule has 2 heterocycles. The quantitative estimate of drug-likeness (QED) is 0.591. The molecule has 1 fully saturated rings. The second-order valence-electron chi connectivity index (χ2n) is 6.58. The predicted molar refractivity (Wildman–Crippen MR) is 98.5 cm³/mol. The molecule has 0 unspecified atom stereocenters. The van der Waals surface area contributed by atoms with Gasteiger partial charge in [0.05, 0.1) is 20.7 Å². The van der Waals surface area contributed by atoms with E-state index in [1.54, 1.807) is 11.3 Å². The Morgan fingerprint density at radius 1 is 1.38 bits per heavy atom. The summed E-state index contributed by atoms with van der Waals surface area (Å²) in [5.74, 6) is 2.00. The summed E-state index contributed by atoms with van der Waals surface area (Å²) in [4.78, 5) is 4.61. The van der Waals surface area contributed by atoms with Gasteiger partial charge in [-0.3, -0.25) is 0 Å². The lowest BCUT2D eigenvalue weighted by Crippen LogP contribution is -2.01. The Bertz CT molecular complexity index is 869. The average molecular weight is 407 g/mol. The van der Waals surface area contributed by atoms with Crippen molar-refractivity contribution in [1.82, 2.24) is 20.0 Å². The number of nitrogens with zero attached hydrogens (tertiary/aromatic N) is 4. The molecule has 1 aliphatic rings. The molecule has 0 saturated heterocycles. The fourth-order valence-electron chi connectivity index (χ4n) is 2.58. The number of hydrogen-bond acceptors (Lipinski definition) is 5. The van der Waals surface area contributed by atoms with Crippen LogP contribution in [0.5, 0.6) is 5.75 Å². The maximum Gasteiger partial charge on any atom is 0.136 e. The molecule has 2 aromatic heterocycles. The smallest absolute Gasteiger partial charge is 0.136 e. The zero-order valence-corrected chi connectivity index (χ0v) is 16.1. The van der Waals surface area contributed by atoms with Gasteiger partial charge in [0.25, 0.3) is 0 Å². The van der Waals surface area contributed by atoms with Crippen LogP contribution in [-0.4, -0.2) is 20.0 Å². The average Bonchev–Trinajstić information content (AvgIpc) is 3.08. The summed E-state index contributed by atoms with van der Waals surface area (Å²) in [6, 6.07) is 4.02. The SMILES string of the molecule is CC(C)c1nc(COc2ccc3c(nnn3CC3CC3)c2Br)cs1. The van der Waals surface area contributed by atoms with Crippen molar-refractivity contribution in [3.63, 3.8) is 0 Å². The fraction of sp³-hybridized carbons (Fsp3) is 0.471. The van der Waals surface area contributed by atoms with Gasteiger partial charge in [-0.15, -0.1) is 16.4 Å². The van der Waals surface area contributed by atoms with Crippen LogP contribution in [0.25, 0.3) is 11.0 Å². The summed E-state index contributed by atoms with van der Waals surface area (Å²) < 4.78 is 8.81. The van der Waals surface area contributed by atoms with Crippen LogP contribution in [0.3, 0.4) is 0 Å². The highest BCUT2D eigenvalue weighted by atomic mass is 79.9. The third kappa shape index (κ3) is 3.19. The minimum absolute atomic E-state index is 0.452. The first kappa shape index (κ1) is 16.0. The minimum atomic E-state index is 0.452. The molecule has 0 aliphatic heterocycles. The molecule has 0 N–H and O–H groups in total. The maximum absolute atomic E-state index is 5.95. The number of benzene rings is 1. The Morgan fingerprint density at radius 3 is 2.92 bits per heavy atom. The van der Waals surface area contributed by atoms with E-state index >= 15 is 0 Å². The molecule has 0 amide bonds. The highest BCUT2D eigenvalue weighted by Crippen LogP contribution is 2.35. The summed E-state index contributed by atoms with van der Waals surface area (Å²) in [5, 5.41) is 11.8. The summed E-state index contributed by atoms with van der Waals surface area (Å²) in [6.07, 6.45) is 2.60. The zero-order valence-electron chi connectivity index (χ0n) is 13.7. The van der Waals surface area contributed by atoms with Gasteiger partial charge in [-0.05, 0) is 46.8 Å². The number of halogens is 1. The molecule has 0 bridgehead atoms. The Labute approximate surface area is 153 Å². The van der Waals surface area contributed by atoms with Crippen molar-refractivity contribution in [1.29, 1.82) is 0 Å². The lowest BCUT2D eigenvalue weighted by Gasteiger charge is -2.07. The van der Waals surface area contributed by atoms with E-state index < -0.39 is 0 Å². The van der Waals surface area contributed by atoms with E-state index in [0.717, 1.165) is 44.4 Å². The van der Waals surface area contributed by atoms with Crippen molar-refractivity contribution in [2.45, 2.75) is 45.8 Å². The Morgan fingerprint density at radius 2 is 2.21 bits per heavy atom. The molecule has 126 valence electrons. The van der Waals surface area contributed by atoms with Crippen LogP contribution in [0.1, 0.15) is 43.3 Å². The Balaban J connectivity index is 1.52. The molecule has 7 heteroatoms. The van der Waals surface area contributed by atoms with E-state index in [-0.39, 0.29) is 0 Å². The standard InChI is InChI=1S/C17H19BrN4OS/c1-10(2)17-19-12(9-24-17)8-23-14-6-5-13-16(15(14)18)20-21-22(13)7-11-3-4-11/h5-6,9-11H,3-4,7-8H2,1-2H3. The first-order valence-electron chi connectivity index (χ1n) is 8.20. The first-order valence-corrected chi connectivity index (χ1v) is 9.88. The molecular formula is C17H19BrN4OS. The number of hydrogen-bond donors (Lipinski definition) is 0. The van der Waals surface area contributed by atoms with E-state index in [4.69, 9.17) is 4.74 Å². The maximum atomic E-state index is 5.95. The highest BCUT2D eigenvalue weighted by molar-refractivity contribution is 9.10. The lowest BCUT2D eigenvalue weighted by molar-refractivity contribution is 0.300. The molecular weight excluding hydrogens is 388 g/mol. The zero-order chi connectivity index (χ0) is 16.7. The van der Waals surface area contributed by atoms with Gasteiger partial charge in [0.2, 0.25) is 0 Å². The van der Waals surface area contributed by atoms with Crippen molar-refractivity contribution < 1.29 is 4.74 Å². The van der Waals surface area contributed by atoms with E-state index in [1.165, 1.54) is 12.8 Å².